The highest BCUT2D eigenvalue weighted by Crippen LogP contribution is 2.29. The van der Waals surface area contributed by atoms with Crippen molar-refractivity contribution in [2.24, 2.45) is 0 Å². The van der Waals surface area contributed by atoms with Crippen LogP contribution in [0.2, 0.25) is 10.0 Å². The number of ether oxygens (including phenoxy) is 1. The minimum Gasteiger partial charge on any atom is -0.489 e. The fourth-order valence-corrected chi connectivity index (χ4v) is 2.89. The molecule has 30 heavy (non-hydrogen) atoms. The summed E-state index contributed by atoms with van der Waals surface area (Å²) in [4.78, 5) is 12.4. The van der Waals surface area contributed by atoms with E-state index in [1.807, 2.05) is 6.07 Å². The number of amides is 1. The van der Waals surface area contributed by atoms with Gasteiger partial charge in [-0.05, 0) is 42.0 Å². The van der Waals surface area contributed by atoms with E-state index in [0.717, 1.165) is 0 Å². The van der Waals surface area contributed by atoms with Gasteiger partial charge >= 0.3 is 0 Å². The lowest BCUT2D eigenvalue weighted by atomic mass is 10.1. The zero-order valence-corrected chi connectivity index (χ0v) is 17.0. The van der Waals surface area contributed by atoms with Crippen molar-refractivity contribution in [2.45, 2.75) is 6.61 Å². The quantitative estimate of drug-likeness (QED) is 0.363. The number of hydrogen-bond acceptors (Lipinski definition) is 3. The summed E-state index contributed by atoms with van der Waals surface area (Å²) < 4.78 is 19.2. The number of halogens is 3. The molecular weight excluding hydrogens is 426 g/mol. The lowest BCUT2D eigenvalue weighted by Gasteiger charge is -2.08. The molecule has 0 saturated heterocycles. The van der Waals surface area contributed by atoms with E-state index in [-0.39, 0.29) is 23.0 Å². The van der Waals surface area contributed by atoms with Gasteiger partial charge < -0.3 is 10.1 Å². The minimum absolute atomic E-state index is 0.0914. The second-order valence-electron chi connectivity index (χ2n) is 6.17. The van der Waals surface area contributed by atoms with Crippen LogP contribution in [0.5, 0.6) is 5.75 Å². The average Bonchev–Trinajstić information content (AvgIpc) is 2.75. The molecular formula is C23H15Cl2FN2O2. The van der Waals surface area contributed by atoms with Gasteiger partial charge in [0, 0.05) is 5.56 Å². The Kier molecular flexibility index (Phi) is 7.08. The van der Waals surface area contributed by atoms with Crippen LogP contribution in [0.4, 0.5) is 10.1 Å². The third kappa shape index (κ3) is 5.38. The highest BCUT2D eigenvalue weighted by molar-refractivity contribution is 6.44. The van der Waals surface area contributed by atoms with Crippen LogP contribution in [0.15, 0.2) is 72.3 Å². The first-order valence-electron chi connectivity index (χ1n) is 8.81. The molecule has 0 spiro atoms. The molecule has 0 aromatic heterocycles. The van der Waals surface area contributed by atoms with Crippen molar-refractivity contribution in [2.75, 3.05) is 5.32 Å². The summed E-state index contributed by atoms with van der Waals surface area (Å²) in [6, 6.07) is 19.8. The van der Waals surface area contributed by atoms with E-state index in [1.54, 1.807) is 60.7 Å². The third-order valence-electron chi connectivity index (χ3n) is 4.11. The molecule has 0 bridgehead atoms. The summed E-state index contributed by atoms with van der Waals surface area (Å²) in [5.74, 6) is -0.410. The number of hydrogen-bond donors (Lipinski definition) is 1. The maximum atomic E-state index is 13.6. The first kappa shape index (κ1) is 21.4. The van der Waals surface area contributed by atoms with Gasteiger partial charge in [0.1, 0.15) is 29.8 Å². The summed E-state index contributed by atoms with van der Waals surface area (Å²) in [5, 5.41) is 12.4. The van der Waals surface area contributed by atoms with E-state index < -0.39 is 5.91 Å². The predicted octanol–water partition coefficient (Wildman–Crippen LogP) is 6.26. The van der Waals surface area contributed by atoms with E-state index in [0.29, 0.717) is 27.6 Å². The van der Waals surface area contributed by atoms with Crippen LogP contribution in [0, 0.1) is 17.1 Å². The lowest BCUT2D eigenvalue weighted by Crippen LogP contribution is -2.13. The molecule has 0 aliphatic carbocycles. The Bertz CT molecular complexity index is 1140. The van der Waals surface area contributed by atoms with E-state index in [9.17, 15) is 14.4 Å². The Morgan fingerprint density at radius 2 is 1.80 bits per heavy atom. The summed E-state index contributed by atoms with van der Waals surface area (Å²) in [7, 11) is 0. The highest BCUT2D eigenvalue weighted by atomic mass is 35.5. The monoisotopic (exact) mass is 440 g/mol. The van der Waals surface area contributed by atoms with Gasteiger partial charge in [-0.1, -0.05) is 59.6 Å². The van der Waals surface area contributed by atoms with Crippen molar-refractivity contribution in [1.29, 1.82) is 5.26 Å². The topological polar surface area (TPSA) is 62.1 Å². The van der Waals surface area contributed by atoms with Crippen molar-refractivity contribution in [3.05, 3.63) is 99.3 Å². The third-order valence-corrected chi connectivity index (χ3v) is 4.93. The maximum absolute atomic E-state index is 13.6. The van der Waals surface area contributed by atoms with Crippen LogP contribution in [-0.2, 0) is 11.4 Å². The number of benzene rings is 3. The Morgan fingerprint density at radius 1 is 1.07 bits per heavy atom. The molecule has 150 valence electrons. The lowest BCUT2D eigenvalue weighted by molar-refractivity contribution is -0.112. The molecule has 0 aliphatic heterocycles. The van der Waals surface area contributed by atoms with E-state index >= 15 is 0 Å². The molecule has 0 atom stereocenters. The second kappa shape index (κ2) is 9.93. The van der Waals surface area contributed by atoms with Crippen molar-refractivity contribution in [3.63, 3.8) is 0 Å². The van der Waals surface area contributed by atoms with Crippen molar-refractivity contribution < 1.29 is 13.9 Å². The van der Waals surface area contributed by atoms with Gasteiger partial charge in [0.05, 0.1) is 15.7 Å². The molecule has 0 unspecified atom stereocenters. The molecule has 0 heterocycles. The number of nitrogens with one attached hydrogen (secondary N) is 1. The van der Waals surface area contributed by atoms with Gasteiger partial charge in [-0.25, -0.2) is 4.39 Å². The molecule has 0 aliphatic rings. The smallest absolute Gasteiger partial charge is 0.266 e. The Morgan fingerprint density at radius 3 is 2.50 bits per heavy atom. The summed E-state index contributed by atoms with van der Waals surface area (Å²) in [6.07, 6.45) is 1.44. The SMILES string of the molecule is N#CC(=Cc1ccc(OCc2ccccc2F)cc1)C(=O)Nc1cccc(Cl)c1Cl. The fraction of sp³-hybridized carbons (Fsp3) is 0.0435. The zero-order valence-electron chi connectivity index (χ0n) is 15.5. The van der Waals surface area contributed by atoms with Crippen LogP contribution >= 0.6 is 23.2 Å². The predicted molar refractivity (Wildman–Crippen MR) is 116 cm³/mol. The van der Waals surface area contributed by atoms with Gasteiger partial charge in [-0.2, -0.15) is 5.26 Å². The molecule has 7 heteroatoms. The highest BCUT2D eigenvalue weighted by Gasteiger charge is 2.13. The number of rotatable bonds is 6. The normalized spacial score (nSPS) is 10.9. The van der Waals surface area contributed by atoms with Gasteiger partial charge in [-0.3, -0.25) is 4.79 Å². The number of nitrogens with zero attached hydrogens (tertiary/aromatic N) is 1. The zero-order chi connectivity index (χ0) is 21.5. The largest absolute Gasteiger partial charge is 0.489 e. The molecule has 1 N–H and O–H groups in total. The Hall–Kier alpha value is -3.33. The van der Waals surface area contributed by atoms with E-state index in [4.69, 9.17) is 27.9 Å². The van der Waals surface area contributed by atoms with E-state index in [2.05, 4.69) is 5.32 Å². The summed E-state index contributed by atoms with van der Waals surface area (Å²) in [5.41, 5.74) is 1.28. The van der Waals surface area contributed by atoms with Crippen molar-refractivity contribution in [1.82, 2.24) is 0 Å². The van der Waals surface area contributed by atoms with Crippen LogP contribution < -0.4 is 10.1 Å². The van der Waals surface area contributed by atoms with Gasteiger partial charge in [0.2, 0.25) is 0 Å². The van der Waals surface area contributed by atoms with Crippen LogP contribution in [-0.4, -0.2) is 5.91 Å². The number of nitriles is 1. The number of anilines is 1. The Labute approximate surface area is 183 Å². The average molecular weight is 441 g/mol. The first-order valence-corrected chi connectivity index (χ1v) is 9.57. The molecule has 3 aromatic rings. The fourth-order valence-electron chi connectivity index (χ4n) is 2.54. The molecule has 0 fully saturated rings. The van der Waals surface area contributed by atoms with Crippen LogP contribution in [0.3, 0.4) is 0 Å². The van der Waals surface area contributed by atoms with E-state index in [1.165, 1.54) is 12.1 Å². The molecule has 0 saturated carbocycles. The van der Waals surface area contributed by atoms with Crippen LogP contribution in [0.25, 0.3) is 6.08 Å². The van der Waals surface area contributed by atoms with Gasteiger partial charge in [0.25, 0.3) is 5.91 Å². The molecule has 1 amide bonds. The Balaban J connectivity index is 1.68. The molecule has 4 nitrogen and oxygen atoms in total. The summed E-state index contributed by atoms with van der Waals surface area (Å²) >= 11 is 12.0. The first-order chi connectivity index (χ1) is 14.5. The number of carbonyl (C=O) groups excluding carboxylic acids is 1. The standard InChI is InChI=1S/C23H15Cl2FN2O2/c24-19-5-3-7-21(22(19)25)28-23(29)17(13-27)12-15-8-10-18(11-9-15)30-14-16-4-1-2-6-20(16)26/h1-12H,14H2,(H,28,29). The molecule has 3 rings (SSSR count). The molecule has 3 aromatic carbocycles. The number of carbonyl (C=O) groups is 1. The van der Waals surface area contributed by atoms with Crippen LogP contribution in [0.1, 0.15) is 11.1 Å². The minimum atomic E-state index is -0.610. The van der Waals surface area contributed by atoms with Crippen molar-refractivity contribution in [3.8, 4) is 11.8 Å². The maximum Gasteiger partial charge on any atom is 0.266 e. The summed E-state index contributed by atoms with van der Waals surface area (Å²) in [6.45, 7) is 0.0914. The van der Waals surface area contributed by atoms with Gasteiger partial charge in [-0.15, -0.1) is 0 Å². The second-order valence-corrected chi connectivity index (χ2v) is 6.96. The van der Waals surface area contributed by atoms with Crippen molar-refractivity contribution >= 4 is 40.9 Å². The molecule has 0 radical (unpaired) electrons. The van der Waals surface area contributed by atoms with Gasteiger partial charge in [0.15, 0.2) is 0 Å².